The fourth-order valence-electron chi connectivity index (χ4n) is 2.02. The fourth-order valence-corrected chi connectivity index (χ4v) is 2.02. The first-order chi connectivity index (χ1) is 10.6. The number of amides is 1. The molecule has 22 heavy (non-hydrogen) atoms. The molecule has 0 aromatic heterocycles. The van der Waals surface area contributed by atoms with Gasteiger partial charge in [-0.1, -0.05) is 12.1 Å². The molecule has 1 amide bonds. The van der Waals surface area contributed by atoms with Crippen molar-refractivity contribution >= 4 is 11.9 Å². The van der Waals surface area contributed by atoms with E-state index in [1.54, 1.807) is 13.0 Å². The van der Waals surface area contributed by atoms with Crippen molar-refractivity contribution in [3.8, 4) is 11.5 Å². The highest BCUT2D eigenvalue weighted by atomic mass is 16.6. The number of benzene rings is 1. The van der Waals surface area contributed by atoms with Gasteiger partial charge in [-0.2, -0.15) is 0 Å². The maximum Gasteiger partial charge on any atom is 0.330 e. The Morgan fingerprint density at radius 2 is 2.05 bits per heavy atom. The van der Waals surface area contributed by atoms with Crippen molar-refractivity contribution in [2.75, 3.05) is 19.8 Å². The lowest BCUT2D eigenvalue weighted by atomic mass is 10.1. The van der Waals surface area contributed by atoms with E-state index in [9.17, 15) is 9.59 Å². The first-order valence-corrected chi connectivity index (χ1v) is 7.08. The number of allylic oxidation sites excluding steroid dienone is 1. The largest absolute Gasteiger partial charge is 0.486 e. The molecule has 1 heterocycles. The minimum atomic E-state index is -0.537. The predicted molar refractivity (Wildman–Crippen MR) is 79.8 cm³/mol. The molecule has 6 nitrogen and oxygen atoms in total. The summed E-state index contributed by atoms with van der Waals surface area (Å²) in [6, 6.07) is 5.29. The molecule has 0 aliphatic carbocycles. The quantitative estimate of drug-likeness (QED) is 0.663. The molecule has 1 aromatic rings. The van der Waals surface area contributed by atoms with Crippen LogP contribution in [0.2, 0.25) is 0 Å². The lowest BCUT2D eigenvalue weighted by Gasteiger charge is -2.21. The van der Waals surface area contributed by atoms with Crippen LogP contribution in [0.3, 0.4) is 0 Å². The Labute approximate surface area is 129 Å². The van der Waals surface area contributed by atoms with Gasteiger partial charge in [0.2, 0.25) is 0 Å². The van der Waals surface area contributed by atoms with Gasteiger partial charge in [0.15, 0.2) is 18.1 Å². The zero-order chi connectivity index (χ0) is 15.9. The Bertz CT molecular complexity index is 582. The van der Waals surface area contributed by atoms with Gasteiger partial charge in [0.1, 0.15) is 13.2 Å². The molecule has 0 fully saturated rings. The first kappa shape index (κ1) is 15.9. The van der Waals surface area contributed by atoms with Crippen LogP contribution in [-0.2, 0) is 14.3 Å². The van der Waals surface area contributed by atoms with Crippen molar-refractivity contribution < 1.29 is 23.8 Å². The Kier molecular flexibility index (Phi) is 5.41. The Hall–Kier alpha value is -2.50. The van der Waals surface area contributed by atoms with Crippen molar-refractivity contribution in [1.29, 1.82) is 0 Å². The molecule has 0 radical (unpaired) electrons. The van der Waals surface area contributed by atoms with E-state index < -0.39 is 5.97 Å². The first-order valence-electron chi connectivity index (χ1n) is 7.08. The summed E-state index contributed by atoms with van der Waals surface area (Å²) in [5.74, 6) is 0.475. The number of rotatable bonds is 5. The molecule has 1 aromatic carbocycles. The van der Waals surface area contributed by atoms with Crippen molar-refractivity contribution in [2.45, 2.75) is 19.9 Å². The van der Waals surface area contributed by atoms with E-state index in [1.165, 1.54) is 6.08 Å². The number of fused-ring (bicyclic) bond motifs is 1. The van der Waals surface area contributed by atoms with Crippen LogP contribution in [-0.4, -0.2) is 31.7 Å². The Balaban J connectivity index is 1.90. The number of ether oxygens (including phenoxy) is 3. The van der Waals surface area contributed by atoms with Crippen LogP contribution in [0, 0.1) is 0 Å². The third-order valence-electron chi connectivity index (χ3n) is 3.09. The van der Waals surface area contributed by atoms with E-state index >= 15 is 0 Å². The lowest BCUT2D eigenvalue weighted by molar-refractivity contribution is -0.144. The van der Waals surface area contributed by atoms with E-state index in [-0.39, 0.29) is 18.6 Å². The third kappa shape index (κ3) is 4.25. The van der Waals surface area contributed by atoms with Crippen LogP contribution in [0.4, 0.5) is 0 Å². The number of hydrogen-bond acceptors (Lipinski definition) is 5. The molecule has 118 valence electrons. The molecule has 2 rings (SSSR count). The van der Waals surface area contributed by atoms with Crippen LogP contribution < -0.4 is 14.8 Å². The van der Waals surface area contributed by atoms with Gasteiger partial charge in [-0.15, -0.1) is 0 Å². The van der Waals surface area contributed by atoms with Crippen LogP contribution >= 0.6 is 0 Å². The molecule has 6 heteroatoms. The standard InChI is InChI=1S/C16H19NO5/c1-3-4-16(19)22-10-15(18)17-11(2)12-5-6-13-14(9-12)21-8-7-20-13/h3-6,9,11H,7-8,10H2,1-2H3,(H,17,18)/b4-3-/t11-/m1/s1. The number of hydrogen-bond donors (Lipinski definition) is 1. The highest BCUT2D eigenvalue weighted by Crippen LogP contribution is 2.32. The molecule has 1 atom stereocenters. The van der Waals surface area contributed by atoms with Gasteiger partial charge in [-0.05, 0) is 31.5 Å². The van der Waals surface area contributed by atoms with Crippen LogP contribution in [0.15, 0.2) is 30.4 Å². The number of esters is 1. The van der Waals surface area contributed by atoms with E-state index in [4.69, 9.17) is 14.2 Å². The number of nitrogens with one attached hydrogen (secondary N) is 1. The van der Waals surface area contributed by atoms with Gasteiger partial charge in [-0.3, -0.25) is 4.79 Å². The molecule has 1 aliphatic rings. The van der Waals surface area contributed by atoms with E-state index in [0.29, 0.717) is 24.7 Å². The smallest absolute Gasteiger partial charge is 0.330 e. The second-order valence-corrected chi connectivity index (χ2v) is 4.80. The zero-order valence-corrected chi connectivity index (χ0v) is 12.6. The summed E-state index contributed by atoms with van der Waals surface area (Å²) >= 11 is 0. The van der Waals surface area contributed by atoms with Crippen molar-refractivity contribution in [2.24, 2.45) is 0 Å². The van der Waals surface area contributed by atoms with Crippen LogP contribution in [0.1, 0.15) is 25.5 Å². The fraction of sp³-hybridized carbons (Fsp3) is 0.375. The monoisotopic (exact) mass is 305 g/mol. The Morgan fingerprint density at radius 3 is 2.77 bits per heavy atom. The van der Waals surface area contributed by atoms with Crippen molar-refractivity contribution in [3.05, 3.63) is 35.9 Å². The normalized spacial score (nSPS) is 14.5. The molecule has 0 saturated heterocycles. The minimum absolute atomic E-state index is 0.233. The van der Waals surface area contributed by atoms with Crippen molar-refractivity contribution in [3.63, 3.8) is 0 Å². The summed E-state index contributed by atoms with van der Waals surface area (Å²) in [5, 5.41) is 2.76. The number of carbonyl (C=O) groups is 2. The van der Waals surface area contributed by atoms with Gasteiger partial charge in [-0.25, -0.2) is 4.79 Å². The third-order valence-corrected chi connectivity index (χ3v) is 3.09. The minimum Gasteiger partial charge on any atom is -0.486 e. The number of carbonyl (C=O) groups excluding carboxylic acids is 2. The molecule has 0 saturated carbocycles. The molecule has 1 aliphatic heterocycles. The summed E-state index contributed by atoms with van der Waals surface area (Å²) in [6.45, 7) is 4.29. The van der Waals surface area contributed by atoms with E-state index in [1.807, 2.05) is 25.1 Å². The molecule has 0 unspecified atom stereocenters. The van der Waals surface area contributed by atoms with Gasteiger partial charge < -0.3 is 19.5 Å². The maximum atomic E-state index is 11.8. The average Bonchev–Trinajstić information content (AvgIpc) is 2.52. The highest BCUT2D eigenvalue weighted by molar-refractivity contribution is 5.85. The van der Waals surface area contributed by atoms with Crippen molar-refractivity contribution in [1.82, 2.24) is 5.32 Å². The van der Waals surface area contributed by atoms with Gasteiger partial charge in [0.25, 0.3) is 5.91 Å². The maximum absolute atomic E-state index is 11.8. The van der Waals surface area contributed by atoms with E-state index in [2.05, 4.69) is 5.32 Å². The Morgan fingerprint density at radius 1 is 1.32 bits per heavy atom. The van der Waals surface area contributed by atoms with E-state index in [0.717, 1.165) is 5.56 Å². The molecule has 1 N–H and O–H groups in total. The SMILES string of the molecule is C/C=C\C(=O)OCC(=O)N[C@H](C)c1ccc2c(c1)OCCO2. The average molecular weight is 305 g/mol. The predicted octanol–water partition coefficient (Wildman–Crippen LogP) is 1.75. The summed E-state index contributed by atoms with van der Waals surface area (Å²) < 4.78 is 15.8. The molecule has 0 spiro atoms. The summed E-state index contributed by atoms with van der Waals surface area (Å²) in [6.07, 6.45) is 2.82. The molecule has 0 bridgehead atoms. The van der Waals surface area contributed by atoms with Gasteiger partial charge in [0, 0.05) is 6.08 Å². The summed E-state index contributed by atoms with van der Waals surface area (Å²) in [7, 11) is 0. The zero-order valence-electron chi connectivity index (χ0n) is 12.6. The second kappa shape index (κ2) is 7.49. The van der Waals surface area contributed by atoms with Crippen LogP contribution in [0.25, 0.3) is 0 Å². The van der Waals surface area contributed by atoms with Crippen LogP contribution in [0.5, 0.6) is 11.5 Å². The van der Waals surface area contributed by atoms with Gasteiger partial charge >= 0.3 is 5.97 Å². The molecular formula is C16H19NO5. The topological polar surface area (TPSA) is 73.9 Å². The summed E-state index contributed by atoms with van der Waals surface area (Å²) in [5.41, 5.74) is 0.886. The lowest BCUT2D eigenvalue weighted by Crippen LogP contribution is -2.31. The second-order valence-electron chi connectivity index (χ2n) is 4.80. The highest BCUT2D eigenvalue weighted by Gasteiger charge is 2.16. The summed E-state index contributed by atoms with van der Waals surface area (Å²) in [4.78, 5) is 22.9. The van der Waals surface area contributed by atoms with Gasteiger partial charge in [0.05, 0.1) is 6.04 Å². The molecular weight excluding hydrogens is 286 g/mol.